The molecule has 6 heteroatoms. The third-order valence-electron chi connectivity index (χ3n) is 2.57. The fourth-order valence-corrected chi connectivity index (χ4v) is 2.63. The number of nitrogens with zero attached hydrogens (tertiary/aromatic N) is 1. The van der Waals surface area contributed by atoms with Crippen LogP contribution in [0.2, 0.25) is 10.0 Å². The van der Waals surface area contributed by atoms with Crippen LogP contribution in [0.25, 0.3) is 0 Å². The molecule has 0 atom stereocenters. The maximum atomic E-state index is 11.8. The maximum Gasteiger partial charge on any atom is 0.271 e. The molecule has 0 unspecified atom stereocenters. The minimum absolute atomic E-state index is 0.327. The van der Waals surface area contributed by atoms with E-state index >= 15 is 0 Å². The van der Waals surface area contributed by atoms with E-state index in [0.717, 1.165) is 11.3 Å². The molecule has 2 aromatic rings. The van der Waals surface area contributed by atoms with Gasteiger partial charge in [-0.1, -0.05) is 30.1 Å². The average molecular weight is 327 g/mol. The van der Waals surface area contributed by atoms with Crippen molar-refractivity contribution in [3.05, 3.63) is 55.7 Å². The number of carbonyl (C=O) groups is 1. The van der Waals surface area contributed by atoms with Gasteiger partial charge in [-0.15, -0.1) is 11.3 Å². The second-order valence-corrected chi connectivity index (χ2v) is 6.00. The lowest BCUT2D eigenvalue weighted by molar-refractivity contribution is 0.0955. The van der Waals surface area contributed by atoms with Crippen molar-refractivity contribution in [3.63, 3.8) is 0 Å². The summed E-state index contributed by atoms with van der Waals surface area (Å²) in [6, 6.07) is 8.70. The number of carbonyl (C=O) groups excluding carboxylic acids is 1. The normalized spacial score (nSPS) is 10.9. The minimum Gasteiger partial charge on any atom is -0.267 e. The largest absolute Gasteiger partial charge is 0.271 e. The number of nitrogens with one attached hydrogen (secondary N) is 1. The molecule has 1 N–H and O–H groups in total. The van der Waals surface area contributed by atoms with E-state index in [0.29, 0.717) is 15.6 Å². The highest BCUT2D eigenvalue weighted by Gasteiger charge is 2.06. The quantitative estimate of drug-likeness (QED) is 0.657. The van der Waals surface area contributed by atoms with E-state index in [-0.39, 0.29) is 5.91 Å². The summed E-state index contributed by atoms with van der Waals surface area (Å²) in [7, 11) is 0. The predicted molar refractivity (Wildman–Crippen MR) is 85.2 cm³/mol. The van der Waals surface area contributed by atoms with Crippen molar-refractivity contribution in [3.8, 4) is 0 Å². The standard InChI is InChI=1S/C14H12Cl2N2OS/c1-2-10-4-5-11(20-10)8-17-18-14(19)9-3-6-12(15)13(16)7-9/h3-8H,2H2,1H3,(H,18,19)/b17-8+. The molecule has 0 aliphatic carbocycles. The monoisotopic (exact) mass is 326 g/mol. The number of amides is 1. The second kappa shape index (κ2) is 6.88. The van der Waals surface area contributed by atoms with E-state index in [9.17, 15) is 4.79 Å². The van der Waals surface area contributed by atoms with E-state index in [1.165, 1.54) is 10.9 Å². The highest BCUT2D eigenvalue weighted by Crippen LogP contribution is 2.22. The molecule has 2 rings (SSSR count). The Bertz CT molecular complexity index is 652. The average Bonchev–Trinajstić information content (AvgIpc) is 2.89. The fraction of sp³-hybridized carbons (Fsp3) is 0.143. The Morgan fingerprint density at radius 3 is 2.75 bits per heavy atom. The van der Waals surface area contributed by atoms with Crippen molar-refractivity contribution in [1.82, 2.24) is 5.43 Å². The highest BCUT2D eigenvalue weighted by atomic mass is 35.5. The van der Waals surface area contributed by atoms with Crippen LogP contribution in [0, 0.1) is 0 Å². The van der Waals surface area contributed by atoms with Crippen LogP contribution in [0.5, 0.6) is 0 Å². The van der Waals surface area contributed by atoms with Gasteiger partial charge in [0, 0.05) is 15.3 Å². The van der Waals surface area contributed by atoms with Gasteiger partial charge in [0.25, 0.3) is 5.91 Å². The van der Waals surface area contributed by atoms with Crippen LogP contribution in [0.1, 0.15) is 27.0 Å². The van der Waals surface area contributed by atoms with E-state index in [1.807, 2.05) is 12.1 Å². The topological polar surface area (TPSA) is 41.5 Å². The van der Waals surface area contributed by atoms with E-state index in [1.54, 1.807) is 29.7 Å². The summed E-state index contributed by atoms with van der Waals surface area (Å²) in [6.45, 7) is 2.10. The molecule has 104 valence electrons. The number of rotatable bonds is 4. The molecule has 0 bridgehead atoms. The molecule has 1 aromatic carbocycles. The summed E-state index contributed by atoms with van der Waals surface area (Å²) in [6.07, 6.45) is 2.62. The molecule has 0 aliphatic heterocycles. The number of halogens is 2. The summed E-state index contributed by atoms with van der Waals surface area (Å²) >= 11 is 13.3. The lowest BCUT2D eigenvalue weighted by atomic mass is 10.2. The summed E-state index contributed by atoms with van der Waals surface area (Å²) in [4.78, 5) is 14.1. The van der Waals surface area contributed by atoms with Gasteiger partial charge in [-0.3, -0.25) is 4.79 Å². The Kier molecular flexibility index (Phi) is 5.17. The van der Waals surface area contributed by atoms with Gasteiger partial charge in [0.15, 0.2) is 0 Å². The molecule has 1 aromatic heterocycles. The van der Waals surface area contributed by atoms with Gasteiger partial charge in [0.1, 0.15) is 0 Å². The first-order chi connectivity index (χ1) is 9.60. The molecular weight excluding hydrogens is 315 g/mol. The Morgan fingerprint density at radius 2 is 2.10 bits per heavy atom. The van der Waals surface area contributed by atoms with Gasteiger partial charge in [0.05, 0.1) is 16.3 Å². The van der Waals surface area contributed by atoms with Crippen LogP contribution < -0.4 is 5.43 Å². The first kappa shape index (κ1) is 15.0. The number of aryl methyl sites for hydroxylation is 1. The lowest BCUT2D eigenvalue weighted by Crippen LogP contribution is -2.17. The van der Waals surface area contributed by atoms with E-state index in [4.69, 9.17) is 23.2 Å². The maximum absolute atomic E-state index is 11.8. The Morgan fingerprint density at radius 1 is 1.30 bits per heavy atom. The molecule has 0 spiro atoms. The van der Waals surface area contributed by atoms with Crippen LogP contribution in [0.4, 0.5) is 0 Å². The highest BCUT2D eigenvalue weighted by molar-refractivity contribution is 7.13. The van der Waals surface area contributed by atoms with E-state index < -0.39 is 0 Å². The molecule has 20 heavy (non-hydrogen) atoms. The molecule has 1 amide bonds. The third kappa shape index (κ3) is 3.82. The van der Waals surface area contributed by atoms with Gasteiger partial charge >= 0.3 is 0 Å². The second-order valence-electron chi connectivity index (χ2n) is 3.99. The lowest BCUT2D eigenvalue weighted by Gasteiger charge is -2.01. The zero-order valence-corrected chi connectivity index (χ0v) is 13.0. The first-order valence-corrected chi connectivity index (χ1v) is 7.54. The summed E-state index contributed by atoms with van der Waals surface area (Å²) < 4.78 is 0. The van der Waals surface area contributed by atoms with Crippen LogP contribution >= 0.6 is 34.5 Å². The van der Waals surface area contributed by atoms with Gasteiger partial charge in [0.2, 0.25) is 0 Å². The van der Waals surface area contributed by atoms with Crippen molar-refractivity contribution < 1.29 is 4.79 Å². The van der Waals surface area contributed by atoms with Gasteiger partial charge in [-0.05, 0) is 36.8 Å². The predicted octanol–water partition coefficient (Wildman–Crippen LogP) is 4.38. The summed E-state index contributed by atoms with van der Waals surface area (Å²) in [5.74, 6) is -0.327. The molecule has 1 heterocycles. The van der Waals surface area contributed by atoms with Crippen molar-refractivity contribution in [2.45, 2.75) is 13.3 Å². The number of benzene rings is 1. The van der Waals surface area contributed by atoms with Crippen molar-refractivity contribution in [2.24, 2.45) is 5.10 Å². The molecular formula is C14H12Cl2N2OS. The van der Waals surface area contributed by atoms with Gasteiger partial charge in [-0.2, -0.15) is 5.10 Å². The number of hydrogen-bond donors (Lipinski definition) is 1. The summed E-state index contributed by atoms with van der Waals surface area (Å²) in [5.41, 5.74) is 2.87. The fourth-order valence-electron chi connectivity index (χ4n) is 1.51. The van der Waals surface area contributed by atoms with Crippen LogP contribution in [0.3, 0.4) is 0 Å². The number of thiophene rings is 1. The minimum atomic E-state index is -0.327. The van der Waals surface area contributed by atoms with Gasteiger partial charge in [-0.25, -0.2) is 5.43 Å². The Labute approximate surface area is 131 Å². The zero-order valence-electron chi connectivity index (χ0n) is 10.7. The van der Waals surface area contributed by atoms with Crippen molar-refractivity contribution in [2.75, 3.05) is 0 Å². The smallest absolute Gasteiger partial charge is 0.267 e. The van der Waals surface area contributed by atoms with Crippen LogP contribution in [-0.2, 0) is 6.42 Å². The molecule has 0 saturated heterocycles. The van der Waals surface area contributed by atoms with E-state index in [2.05, 4.69) is 17.5 Å². The third-order valence-corrected chi connectivity index (χ3v) is 4.47. The Hall–Kier alpha value is -1.36. The molecule has 0 aliphatic rings. The zero-order chi connectivity index (χ0) is 14.5. The van der Waals surface area contributed by atoms with Crippen molar-refractivity contribution >= 4 is 46.7 Å². The SMILES string of the molecule is CCc1ccc(/C=N/NC(=O)c2ccc(Cl)c(Cl)c2)s1. The molecule has 3 nitrogen and oxygen atoms in total. The van der Waals surface area contributed by atoms with Crippen LogP contribution in [-0.4, -0.2) is 12.1 Å². The molecule has 0 saturated carbocycles. The van der Waals surface area contributed by atoms with Gasteiger partial charge < -0.3 is 0 Å². The van der Waals surface area contributed by atoms with Crippen molar-refractivity contribution in [1.29, 1.82) is 0 Å². The summed E-state index contributed by atoms with van der Waals surface area (Å²) in [5, 5.41) is 4.68. The van der Waals surface area contributed by atoms with Crippen LogP contribution in [0.15, 0.2) is 35.4 Å². The molecule has 0 radical (unpaired) electrons. The number of hydrogen-bond acceptors (Lipinski definition) is 3. The number of hydrazone groups is 1. The first-order valence-electron chi connectivity index (χ1n) is 5.97. The Balaban J connectivity index is 1.99. The molecule has 0 fully saturated rings.